The summed E-state index contributed by atoms with van der Waals surface area (Å²) in [6, 6.07) is 14.4. The minimum absolute atomic E-state index is 0.279. The molecule has 2 aromatic rings. The number of benzene rings is 2. The molecular formula is C22H31NO3. The van der Waals surface area contributed by atoms with Gasteiger partial charge in [-0.25, -0.2) is 0 Å². The van der Waals surface area contributed by atoms with Crippen LogP contribution in [0.25, 0.3) is 0 Å². The van der Waals surface area contributed by atoms with E-state index in [2.05, 4.69) is 36.5 Å². The SMILES string of the molecule is CCOc1cc(CNCCCCCO)ccc1OCc1ccccc1C. The Bertz CT molecular complexity index is 658. The van der Waals surface area contributed by atoms with Crippen LogP contribution in [-0.2, 0) is 13.2 Å². The summed E-state index contributed by atoms with van der Waals surface area (Å²) in [5.41, 5.74) is 3.59. The number of aryl methyl sites for hydroxylation is 1. The quantitative estimate of drug-likeness (QED) is 0.558. The fraction of sp³-hybridized carbons (Fsp3) is 0.455. The Kier molecular flexibility index (Phi) is 9.01. The highest BCUT2D eigenvalue weighted by Gasteiger charge is 2.08. The van der Waals surface area contributed by atoms with Crippen LogP contribution in [-0.4, -0.2) is 24.9 Å². The van der Waals surface area contributed by atoms with Crippen LogP contribution in [0.2, 0.25) is 0 Å². The van der Waals surface area contributed by atoms with Crippen molar-refractivity contribution in [2.45, 2.75) is 46.3 Å². The molecule has 0 unspecified atom stereocenters. The molecule has 0 atom stereocenters. The van der Waals surface area contributed by atoms with Gasteiger partial charge in [-0.15, -0.1) is 0 Å². The summed E-state index contributed by atoms with van der Waals surface area (Å²) < 4.78 is 11.8. The van der Waals surface area contributed by atoms with Gasteiger partial charge in [0.2, 0.25) is 0 Å². The molecule has 0 saturated heterocycles. The monoisotopic (exact) mass is 357 g/mol. The van der Waals surface area contributed by atoms with E-state index in [1.54, 1.807) is 0 Å². The van der Waals surface area contributed by atoms with Gasteiger partial charge in [0.25, 0.3) is 0 Å². The van der Waals surface area contributed by atoms with Gasteiger partial charge >= 0.3 is 0 Å². The van der Waals surface area contributed by atoms with Gasteiger partial charge in [-0.1, -0.05) is 30.3 Å². The van der Waals surface area contributed by atoms with Crippen LogP contribution >= 0.6 is 0 Å². The van der Waals surface area contributed by atoms with Crippen LogP contribution in [0.3, 0.4) is 0 Å². The van der Waals surface area contributed by atoms with E-state index >= 15 is 0 Å². The van der Waals surface area contributed by atoms with E-state index in [4.69, 9.17) is 14.6 Å². The molecule has 0 amide bonds. The smallest absolute Gasteiger partial charge is 0.161 e. The van der Waals surface area contributed by atoms with Crippen molar-refractivity contribution in [3.63, 3.8) is 0 Å². The molecule has 0 aromatic heterocycles. The number of unbranched alkanes of at least 4 members (excludes halogenated alkanes) is 2. The number of aliphatic hydroxyl groups excluding tert-OH is 1. The van der Waals surface area contributed by atoms with E-state index in [1.807, 2.05) is 25.1 Å². The molecular weight excluding hydrogens is 326 g/mol. The van der Waals surface area contributed by atoms with Crippen molar-refractivity contribution in [2.75, 3.05) is 19.8 Å². The molecule has 4 heteroatoms. The maximum Gasteiger partial charge on any atom is 0.161 e. The summed E-state index contributed by atoms with van der Waals surface area (Å²) in [6.45, 7) is 7.26. The summed E-state index contributed by atoms with van der Waals surface area (Å²) in [7, 11) is 0. The third-order valence-electron chi connectivity index (χ3n) is 4.29. The molecule has 0 fully saturated rings. The lowest BCUT2D eigenvalue weighted by atomic mass is 10.1. The Balaban J connectivity index is 1.91. The summed E-state index contributed by atoms with van der Waals surface area (Å²) in [5, 5.41) is 12.2. The third kappa shape index (κ3) is 6.70. The molecule has 0 aliphatic heterocycles. The fourth-order valence-electron chi connectivity index (χ4n) is 2.75. The molecule has 142 valence electrons. The number of hydrogen-bond acceptors (Lipinski definition) is 4. The number of hydrogen-bond donors (Lipinski definition) is 2. The average Bonchev–Trinajstić information content (AvgIpc) is 2.65. The lowest BCUT2D eigenvalue weighted by molar-refractivity contribution is 0.268. The highest BCUT2D eigenvalue weighted by Crippen LogP contribution is 2.29. The zero-order chi connectivity index (χ0) is 18.6. The van der Waals surface area contributed by atoms with Gasteiger partial charge < -0.3 is 19.9 Å². The van der Waals surface area contributed by atoms with Crippen LogP contribution in [0.5, 0.6) is 11.5 Å². The fourth-order valence-corrected chi connectivity index (χ4v) is 2.75. The standard InChI is InChI=1S/C22H31NO3/c1-3-25-22-15-19(16-23-13-7-4-8-14-24)11-12-21(22)26-17-20-10-6-5-9-18(20)2/h5-6,9-12,15,23-24H,3-4,7-8,13-14,16-17H2,1-2H3. The minimum atomic E-state index is 0.279. The van der Waals surface area contributed by atoms with E-state index < -0.39 is 0 Å². The Hall–Kier alpha value is -2.04. The number of aliphatic hydroxyl groups is 1. The van der Waals surface area contributed by atoms with Gasteiger partial charge in [0.05, 0.1) is 6.61 Å². The van der Waals surface area contributed by atoms with Crippen LogP contribution in [0.1, 0.15) is 42.9 Å². The first-order chi connectivity index (χ1) is 12.7. The molecule has 0 radical (unpaired) electrons. The molecule has 0 heterocycles. The Morgan fingerprint density at radius 3 is 2.58 bits per heavy atom. The summed E-state index contributed by atoms with van der Waals surface area (Å²) in [4.78, 5) is 0. The van der Waals surface area contributed by atoms with E-state index in [9.17, 15) is 0 Å². The zero-order valence-electron chi connectivity index (χ0n) is 16.0. The molecule has 0 spiro atoms. The van der Waals surface area contributed by atoms with Crippen molar-refractivity contribution < 1.29 is 14.6 Å². The number of rotatable bonds is 12. The van der Waals surface area contributed by atoms with Gasteiger partial charge in [-0.2, -0.15) is 0 Å². The first-order valence-electron chi connectivity index (χ1n) is 9.49. The second-order valence-corrected chi connectivity index (χ2v) is 6.39. The van der Waals surface area contributed by atoms with Gasteiger partial charge in [-0.3, -0.25) is 0 Å². The highest BCUT2D eigenvalue weighted by atomic mass is 16.5. The minimum Gasteiger partial charge on any atom is -0.490 e. The van der Waals surface area contributed by atoms with E-state index in [-0.39, 0.29) is 6.61 Å². The number of nitrogens with one attached hydrogen (secondary N) is 1. The van der Waals surface area contributed by atoms with Crippen LogP contribution in [0, 0.1) is 6.92 Å². The molecule has 2 N–H and O–H groups in total. The predicted octanol–water partition coefficient (Wildman–Crippen LogP) is 4.22. The molecule has 0 aliphatic rings. The van der Waals surface area contributed by atoms with Crippen molar-refractivity contribution in [1.82, 2.24) is 5.32 Å². The zero-order valence-corrected chi connectivity index (χ0v) is 16.0. The van der Waals surface area contributed by atoms with E-state index in [1.165, 1.54) is 16.7 Å². The van der Waals surface area contributed by atoms with Gasteiger partial charge in [0, 0.05) is 13.2 Å². The normalized spacial score (nSPS) is 10.7. The van der Waals surface area contributed by atoms with Crippen molar-refractivity contribution >= 4 is 0 Å². The second kappa shape index (κ2) is 11.6. The largest absolute Gasteiger partial charge is 0.490 e. The summed E-state index contributed by atoms with van der Waals surface area (Å²) in [5.74, 6) is 1.57. The summed E-state index contributed by atoms with van der Waals surface area (Å²) in [6.07, 6.45) is 3.01. The first kappa shape index (κ1) is 20.3. The molecule has 4 nitrogen and oxygen atoms in total. The lowest BCUT2D eigenvalue weighted by Crippen LogP contribution is -2.15. The molecule has 2 aromatic carbocycles. The maximum absolute atomic E-state index is 8.79. The van der Waals surface area contributed by atoms with E-state index in [0.29, 0.717) is 13.2 Å². The molecule has 2 rings (SSSR count). The first-order valence-corrected chi connectivity index (χ1v) is 9.49. The van der Waals surface area contributed by atoms with Crippen LogP contribution < -0.4 is 14.8 Å². The van der Waals surface area contributed by atoms with Crippen LogP contribution in [0.4, 0.5) is 0 Å². The molecule has 0 bridgehead atoms. The second-order valence-electron chi connectivity index (χ2n) is 6.39. The van der Waals surface area contributed by atoms with Crippen molar-refractivity contribution in [3.05, 3.63) is 59.2 Å². The van der Waals surface area contributed by atoms with Crippen LogP contribution in [0.15, 0.2) is 42.5 Å². The van der Waals surface area contributed by atoms with Crippen molar-refractivity contribution in [3.8, 4) is 11.5 Å². The van der Waals surface area contributed by atoms with Gasteiger partial charge in [0.15, 0.2) is 11.5 Å². The van der Waals surface area contributed by atoms with Gasteiger partial charge in [0.1, 0.15) is 6.61 Å². The molecule has 0 saturated carbocycles. The average molecular weight is 357 g/mol. The van der Waals surface area contributed by atoms with Crippen molar-refractivity contribution in [1.29, 1.82) is 0 Å². The van der Waals surface area contributed by atoms with E-state index in [0.717, 1.165) is 43.9 Å². The maximum atomic E-state index is 8.79. The van der Waals surface area contributed by atoms with Crippen molar-refractivity contribution in [2.24, 2.45) is 0 Å². The predicted molar refractivity (Wildman–Crippen MR) is 106 cm³/mol. The molecule has 0 aliphatic carbocycles. The third-order valence-corrected chi connectivity index (χ3v) is 4.29. The van der Waals surface area contributed by atoms with Gasteiger partial charge in [-0.05, 0) is 68.5 Å². The number of ether oxygens (including phenoxy) is 2. The topological polar surface area (TPSA) is 50.7 Å². The lowest BCUT2D eigenvalue weighted by Gasteiger charge is -2.14. The Morgan fingerprint density at radius 1 is 0.962 bits per heavy atom. The Labute approximate surface area is 157 Å². The molecule has 26 heavy (non-hydrogen) atoms. The summed E-state index contributed by atoms with van der Waals surface area (Å²) >= 11 is 0. The highest BCUT2D eigenvalue weighted by molar-refractivity contribution is 5.43. The Morgan fingerprint density at radius 2 is 1.81 bits per heavy atom.